The van der Waals surface area contributed by atoms with Crippen molar-refractivity contribution in [3.63, 3.8) is 0 Å². The van der Waals surface area contributed by atoms with Crippen molar-refractivity contribution < 1.29 is 23.6 Å². The minimum Gasteiger partial charge on any atom is -0.507 e. The van der Waals surface area contributed by atoms with Gasteiger partial charge in [0.1, 0.15) is 11.3 Å². The fourth-order valence-electron chi connectivity index (χ4n) is 5.56. The van der Waals surface area contributed by atoms with Crippen LogP contribution < -0.4 is 11.1 Å². The van der Waals surface area contributed by atoms with Gasteiger partial charge in [0, 0.05) is 5.56 Å². The van der Waals surface area contributed by atoms with Crippen LogP contribution in [0.5, 0.6) is 5.75 Å². The predicted molar refractivity (Wildman–Crippen MR) is 141 cm³/mol. The van der Waals surface area contributed by atoms with E-state index >= 15 is 0 Å². The number of amides is 1. The molecule has 1 aromatic heterocycles. The average molecular weight is 511 g/mol. The minimum atomic E-state index is -0.842. The van der Waals surface area contributed by atoms with Crippen LogP contribution in [-0.2, 0) is 15.0 Å². The molecule has 2 heterocycles. The van der Waals surface area contributed by atoms with Crippen molar-refractivity contribution in [3.05, 3.63) is 66.6 Å². The lowest BCUT2D eigenvalue weighted by Gasteiger charge is -2.56. The molecule has 1 aliphatic heterocycles. The van der Waals surface area contributed by atoms with Gasteiger partial charge in [0.15, 0.2) is 5.78 Å². The molecule has 1 fully saturated rings. The second-order valence-electron chi connectivity index (χ2n) is 11.3. The van der Waals surface area contributed by atoms with Gasteiger partial charge in [0.05, 0.1) is 10.8 Å². The summed E-state index contributed by atoms with van der Waals surface area (Å²) in [7, 11) is 0. The summed E-state index contributed by atoms with van der Waals surface area (Å²) >= 11 is 0. The molecule has 1 amide bonds. The summed E-state index contributed by atoms with van der Waals surface area (Å²) in [5.41, 5.74) is 6.33. The standard InChI is InChI=1S/C15H19NO4.C14H19NO2/c1-7-8(2)10(4)12(17)11(9(7)3)15(5,6)13-16-20-14(18)19-13;1-7-8(2)10(4)14(11(16)9(7)3)13(5,6)12(17)15-14/h17H,1-6H3;1-6H3,(H,15,17). The Bertz CT molecular complexity index is 1420. The molecule has 8 nitrogen and oxygen atoms in total. The Labute approximate surface area is 217 Å². The van der Waals surface area contributed by atoms with Gasteiger partial charge in [-0.3, -0.25) is 14.1 Å². The van der Waals surface area contributed by atoms with Crippen LogP contribution in [0, 0.1) is 33.1 Å². The summed E-state index contributed by atoms with van der Waals surface area (Å²) in [4.78, 5) is 35.3. The van der Waals surface area contributed by atoms with E-state index in [2.05, 4.69) is 15.0 Å². The molecule has 1 unspecified atom stereocenters. The van der Waals surface area contributed by atoms with Crippen molar-refractivity contribution >= 4 is 11.7 Å². The van der Waals surface area contributed by atoms with Gasteiger partial charge in [-0.2, -0.15) is 0 Å². The quantitative estimate of drug-likeness (QED) is 0.543. The molecular formula is C29H38N2O6. The maximum Gasteiger partial charge on any atom is 0.542 e. The number of Topliss-reactive ketones (excluding diaryl/α,β-unsaturated/α-hetero) is 1. The highest BCUT2D eigenvalue weighted by molar-refractivity contribution is 6.17. The van der Waals surface area contributed by atoms with E-state index in [1.807, 2.05) is 83.1 Å². The Hall–Kier alpha value is -3.42. The molecule has 8 heteroatoms. The zero-order valence-electron chi connectivity index (χ0n) is 23.9. The van der Waals surface area contributed by atoms with Crippen LogP contribution in [0.2, 0.25) is 0 Å². The molecule has 1 aromatic carbocycles. The molecule has 37 heavy (non-hydrogen) atoms. The number of allylic oxidation sites excluding steroid dienone is 2. The third-order valence-electron chi connectivity index (χ3n) is 8.93. The Morgan fingerprint density at radius 2 is 1.35 bits per heavy atom. The summed E-state index contributed by atoms with van der Waals surface area (Å²) in [6.07, 6.45) is 0. The van der Waals surface area contributed by atoms with E-state index in [1.165, 1.54) is 0 Å². The first-order chi connectivity index (χ1) is 16.8. The summed E-state index contributed by atoms with van der Waals surface area (Å²) in [6.45, 7) is 22.9. The number of hydrogen-bond acceptors (Lipinski definition) is 7. The van der Waals surface area contributed by atoms with Crippen molar-refractivity contribution in [1.82, 2.24) is 10.5 Å². The number of rotatable bonds is 2. The lowest BCUT2D eigenvalue weighted by Crippen LogP contribution is -2.79. The molecule has 1 spiro atoms. The summed E-state index contributed by atoms with van der Waals surface area (Å²) in [5, 5.41) is 17.0. The number of nitrogens with one attached hydrogen (secondary N) is 1. The molecule has 2 aromatic rings. The molecule has 0 saturated carbocycles. The van der Waals surface area contributed by atoms with E-state index in [-0.39, 0.29) is 23.3 Å². The van der Waals surface area contributed by atoms with Gasteiger partial charge in [-0.05, 0) is 133 Å². The maximum atomic E-state index is 12.6. The number of aromatic hydroxyl groups is 1. The number of carbonyl (C=O) groups excluding carboxylic acids is 2. The van der Waals surface area contributed by atoms with E-state index in [0.29, 0.717) is 5.56 Å². The van der Waals surface area contributed by atoms with E-state index < -0.39 is 22.2 Å². The SMILES string of the molecule is CC1=C(C)C(C)=C(C)C2(NC(=O)C2(C)C)C1=O.Cc1c(C)c(C)c(C(C)(C)c2noc(=O)o2)c(O)c1C. The smallest absolute Gasteiger partial charge is 0.507 e. The molecule has 0 bridgehead atoms. The van der Waals surface area contributed by atoms with Crippen molar-refractivity contribution in [3.8, 4) is 5.75 Å². The van der Waals surface area contributed by atoms with Gasteiger partial charge in [0.25, 0.3) is 0 Å². The van der Waals surface area contributed by atoms with Gasteiger partial charge in [-0.25, -0.2) is 4.79 Å². The lowest BCUT2D eigenvalue weighted by molar-refractivity contribution is -0.156. The number of carbonyl (C=O) groups is 2. The summed E-state index contributed by atoms with van der Waals surface area (Å²) in [6, 6.07) is 0. The van der Waals surface area contributed by atoms with E-state index in [1.54, 1.807) is 0 Å². The second kappa shape index (κ2) is 8.85. The van der Waals surface area contributed by atoms with E-state index in [0.717, 1.165) is 44.5 Å². The fraction of sp³-hybridized carbons (Fsp3) is 0.517. The van der Waals surface area contributed by atoms with Gasteiger partial charge < -0.3 is 14.8 Å². The highest BCUT2D eigenvalue weighted by Crippen LogP contribution is 2.50. The topological polar surface area (TPSA) is 123 Å². The Morgan fingerprint density at radius 1 is 0.811 bits per heavy atom. The largest absolute Gasteiger partial charge is 0.542 e. The molecule has 0 radical (unpaired) electrons. The van der Waals surface area contributed by atoms with Crippen LogP contribution in [0.1, 0.15) is 89.1 Å². The Balaban J connectivity index is 0.000000208. The highest BCUT2D eigenvalue weighted by atomic mass is 16.6. The third kappa shape index (κ3) is 3.80. The van der Waals surface area contributed by atoms with Crippen LogP contribution in [-0.4, -0.2) is 27.5 Å². The zero-order chi connectivity index (χ0) is 28.4. The molecule has 2 aliphatic rings. The van der Waals surface area contributed by atoms with Crippen LogP contribution in [0.4, 0.5) is 0 Å². The fourth-order valence-corrected chi connectivity index (χ4v) is 5.56. The average Bonchev–Trinajstić information content (AvgIpc) is 3.29. The number of nitrogens with zero attached hydrogens (tertiary/aromatic N) is 1. The molecule has 1 aliphatic carbocycles. The number of aromatic nitrogens is 1. The summed E-state index contributed by atoms with van der Waals surface area (Å²) in [5.74, 6) is -0.483. The van der Waals surface area contributed by atoms with Crippen molar-refractivity contribution in [2.45, 2.75) is 94.0 Å². The van der Waals surface area contributed by atoms with Crippen molar-refractivity contribution in [2.24, 2.45) is 5.41 Å². The summed E-state index contributed by atoms with van der Waals surface area (Å²) < 4.78 is 9.46. The normalized spacial score (nSPS) is 21.1. The zero-order valence-corrected chi connectivity index (χ0v) is 23.9. The number of β-lactam (4-membered cyclic amide) rings is 1. The van der Waals surface area contributed by atoms with Gasteiger partial charge >= 0.3 is 5.82 Å². The molecule has 4 rings (SSSR count). The first-order valence-electron chi connectivity index (χ1n) is 12.4. The molecule has 1 atom stereocenters. The minimum absolute atomic E-state index is 0.0442. The molecule has 1 saturated heterocycles. The van der Waals surface area contributed by atoms with Gasteiger partial charge in [-0.1, -0.05) is 0 Å². The van der Waals surface area contributed by atoms with E-state index in [9.17, 15) is 19.5 Å². The molecular weight excluding hydrogens is 472 g/mol. The first-order valence-corrected chi connectivity index (χ1v) is 12.4. The van der Waals surface area contributed by atoms with Crippen LogP contribution >= 0.6 is 0 Å². The highest BCUT2D eigenvalue weighted by Gasteiger charge is 2.66. The number of phenols is 1. The second-order valence-corrected chi connectivity index (χ2v) is 11.3. The van der Waals surface area contributed by atoms with Gasteiger partial charge in [-0.15, -0.1) is 0 Å². The third-order valence-corrected chi connectivity index (χ3v) is 8.93. The maximum absolute atomic E-state index is 12.6. The predicted octanol–water partition coefficient (Wildman–Crippen LogP) is 5.03. The van der Waals surface area contributed by atoms with Crippen molar-refractivity contribution in [2.75, 3.05) is 0 Å². The van der Waals surface area contributed by atoms with Crippen LogP contribution in [0.25, 0.3) is 0 Å². The first kappa shape index (κ1) is 28.2. The lowest BCUT2D eigenvalue weighted by atomic mass is 9.55. The van der Waals surface area contributed by atoms with E-state index in [4.69, 9.17) is 4.42 Å². The number of hydrogen-bond donors (Lipinski definition) is 2. The van der Waals surface area contributed by atoms with Gasteiger partial charge in [0.2, 0.25) is 11.8 Å². The number of phenolic OH excluding ortho intramolecular Hbond substituents is 1. The number of benzene rings is 1. The monoisotopic (exact) mass is 510 g/mol. The van der Waals surface area contributed by atoms with Crippen molar-refractivity contribution in [1.29, 1.82) is 0 Å². The Morgan fingerprint density at radius 3 is 1.81 bits per heavy atom. The molecule has 2 N–H and O–H groups in total. The van der Waals surface area contributed by atoms with Crippen LogP contribution in [0.3, 0.4) is 0 Å². The molecule has 200 valence electrons. The number of ketones is 1. The Kier molecular flexibility index (Phi) is 6.74. The van der Waals surface area contributed by atoms with Crippen LogP contribution in [0.15, 0.2) is 36.0 Å².